The maximum atomic E-state index is 14.0. The summed E-state index contributed by atoms with van der Waals surface area (Å²) in [6.07, 6.45) is -12.1. The third-order valence-electron chi connectivity index (χ3n) is 4.46. The summed E-state index contributed by atoms with van der Waals surface area (Å²) < 4.78 is 84.4. The van der Waals surface area contributed by atoms with Crippen molar-refractivity contribution in [2.45, 2.75) is 17.9 Å². The lowest BCUT2D eigenvalue weighted by molar-refractivity contribution is -0.301. The van der Waals surface area contributed by atoms with Crippen molar-refractivity contribution in [3.8, 4) is 0 Å². The molecule has 0 aliphatic carbocycles. The number of aromatic nitrogens is 2. The number of hydrogen-bond donors (Lipinski definition) is 1. The van der Waals surface area contributed by atoms with Crippen LogP contribution in [0.25, 0.3) is 0 Å². The average Bonchev–Trinajstić information content (AvgIpc) is 2.61. The summed E-state index contributed by atoms with van der Waals surface area (Å²) in [7, 11) is 1.71. The number of anilines is 1. The van der Waals surface area contributed by atoms with Crippen LogP contribution in [0.1, 0.15) is 11.1 Å². The summed E-state index contributed by atoms with van der Waals surface area (Å²) in [5, 5.41) is 2.29. The zero-order chi connectivity index (χ0) is 21.9. The van der Waals surface area contributed by atoms with E-state index in [0.717, 1.165) is 20.2 Å². The number of rotatable bonds is 1. The third kappa shape index (κ3) is 2.93. The van der Waals surface area contributed by atoms with Gasteiger partial charge in [-0.2, -0.15) is 26.3 Å². The van der Waals surface area contributed by atoms with Gasteiger partial charge in [-0.05, 0) is 12.1 Å². The molecule has 1 aromatic heterocycles. The summed E-state index contributed by atoms with van der Waals surface area (Å²) in [5.74, 6) is -1.81. The Balaban J connectivity index is 2.54. The second-order valence-electron chi connectivity index (χ2n) is 6.23. The summed E-state index contributed by atoms with van der Waals surface area (Å²) in [4.78, 5) is 27.5. The zero-order valence-electron chi connectivity index (χ0n) is 14.6. The highest BCUT2D eigenvalue weighted by molar-refractivity contribution is 6.31. The second kappa shape index (κ2) is 6.37. The van der Waals surface area contributed by atoms with Crippen molar-refractivity contribution in [1.82, 2.24) is 9.13 Å². The van der Waals surface area contributed by atoms with Gasteiger partial charge in [0.25, 0.3) is 11.1 Å². The van der Waals surface area contributed by atoms with E-state index in [0.29, 0.717) is 4.57 Å². The van der Waals surface area contributed by atoms with E-state index < -0.39 is 46.4 Å². The van der Waals surface area contributed by atoms with E-state index in [2.05, 4.69) is 10.3 Å². The number of benzene rings is 1. The molecule has 1 aliphatic rings. The van der Waals surface area contributed by atoms with Gasteiger partial charge < -0.3 is 5.32 Å². The normalized spacial score (nSPS) is 16.1. The van der Waals surface area contributed by atoms with Crippen molar-refractivity contribution < 1.29 is 26.3 Å². The smallest absolute Gasteiger partial charge is 0.326 e. The topological polar surface area (TPSA) is 68.4 Å². The molecule has 3 rings (SSSR count). The fraction of sp³-hybridized carbons (Fsp3) is 0.312. The van der Waals surface area contributed by atoms with Crippen molar-refractivity contribution in [3.63, 3.8) is 0 Å². The van der Waals surface area contributed by atoms with Crippen LogP contribution in [0.2, 0.25) is 5.02 Å². The van der Waals surface area contributed by atoms with Gasteiger partial charge in [-0.15, -0.1) is 0 Å². The van der Waals surface area contributed by atoms with Crippen molar-refractivity contribution in [2.75, 3.05) is 5.32 Å². The van der Waals surface area contributed by atoms with Crippen molar-refractivity contribution >= 4 is 23.3 Å². The van der Waals surface area contributed by atoms with Gasteiger partial charge in [0, 0.05) is 24.7 Å². The van der Waals surface area contributed by atoms with Crippen LogP contribution in [0.4, 0.5) is 32.2 Å². The van der Waals surface area contributed by atoms with E-state index in [1.807, 2.05) is 0 Å². The van der Waals surface area contributed by atoms with Crippen molar-refractivity contribution in [3.05, 3.63) is 61.3 Å². The molecule has 0 bridgehead atoms. The molecule has 0 atom stereocenters. The van der Waals surface area contributed by atoms with Crippen molar-refractivity contribution in [2.24, 2.45) is 19.1 Å². The van der Waals surface area contributed by atoms with Crippen molar-refractivity contribution in [1.29, 1.82) is 0 Å². The molecule has 0 spiro atoms. The molecule has 1 aliphatic heterocycles. The summed E-state index contributed by atoms with van der Waals surface area (Å²) in [6, 6.07) is 4.92. The number of hydrogen-bond acceptors (Lipinski definition) is 4. The number of aliphatic imine (C=N–C) groups is 1. The maximum Gasteiger partial charge on any atom is 0.427 e. The Morgan fingerprint density at radius 3 is 2.14 bits per heavy atom. The van der Waals surface area contributed by atoms with E-state index in [1.54, 1.807) is 0 Å². The van der Waals surface area contributed by atoms with E-state index >= 15 is 0 Å². The van der Waals surface area contributed by atoms with Gasteiger partial charge in [0.1, 0.15) is 17.2 Å². The molecular weight excluding hydrogens is 430 g/mol. The standard InChI is InChI=1S/C16H11ClF6N4O2/c1-26-11-9(12(28)27(2)13(26)29)14(15(18,19)20,16(21,22)23)25-10(24-11)7-4-3-5-8(17)6-7/h3-6H,1-2H3,(H,24,25). The molecule has 29 heavy (non-hydrogen) atoms. The number of alkyl halides is 6. The van der Waals surface area contributed by atoms with E-state index in [1.165, 1.54) is 18.2 Å². The molecule has 0 unspecified atom stereocenters. The van der Waals surface area contributed by atoms with E-state index in [-0.39, 0.29) is 15.2 Å². The Bertz CT molecular complexity index is 1130. The Labute approximate surface area is 163 Å². The Kier molecular flexibility index (Phi) is 4.61. The molecule has 1 aromatic carbocycles. The van der Waals surface area contributed by atoms with Gasteiger partial charge in [-0.25, -0.2) is 9.79 Å². The van der Waals surface area contributed by atoms with Crippen LogP contribution >= 0.6 is 11.6 Å². The molecule has 0 saturated heterocycles. The first-order chi connectivity index (χ1) is 13.2. The number of halogens is 7. The van der Waals surface area contributed by atoms with Gasteiger partial charge in [-0.1, -0.05) is 23.7 Å². The lowest BCUT2D eigenvalue weighted by Crippen LogP contribution is -2.60. The van der Waals surface area contributed by atoms with Crippen LogP contribution in [0.5, 0.6) is 0 Å². The molecule has 0 saturated carbocycles. The molecule has 0 amide bonds. The molecule has 13 heteroatoms. The Morgan fingerprint density at radius 2 is 1.62 bits per heavy atom. The quantitative estimate of drug-likeness (QED) is 0.693. The van der Waals surface area contributed by atoms with Gasteiger partial charge in [0.15, 0.2) is 0 Å². The minimum atomic E-state index is -6.05. The van der Waals surface area contributed by atoms with Gasteiger partial charge in [-0.3, -0.25) is 13.9 Å². The lowest BCUT2D eigenvalue weighted by atomic mass is 9.87. The summed E-state index contributed by atoms with van der Waals surface area (Å²) in [5.41, 5.74) is -9.72. The summed E-state index contributed by atoms with van der Waals surface area (Å²) >= 11 is 5.78. The van der Waals surface area contributed by atoms with Crippen LogP contribution in [0, 0.1) is 0 Å². The van der Waals surface area contributed by atoms with Gasteiger partial charge >= 0.3 is 18.0 Å². The predicted molar refractivity (Wildman–Crippen MR) is 92.3 cm³/mol. The second-order valence-corrected chi connectivity index (χ2v) is 6.67. The Hall–Kier alpha value is -2.76. The van der Waals surface area contributed by atoms with Crippen LogP contribution < -0.4 is 16.6 Å². The number of nitrogens with zero attached hydrogens (tertiary/aromatic N) is 3. The largest absolute Gasteiger partial charge is 0.427 e. The Morgan fingerprint density at radius 1 is 1.03 bits per heavy atom. The minimum absolute atomic E-state index is 0.0280. The molecule has 6 nitrogen and oxygen atoms in total. The molecule has 2 aromatic rings. The third-order valence-corrected chi connectivity index (χ3v) is 4.70. The SMILES string of the molecule is Cn1c2c(c(=O)n(C)c1=O)C(C(F)(F)F)(C(F)(F)F)N=C(c1cccc(Cl)c1)N2. The first-order valence-electron chi connectivity index (χ1n) is 7.79. The van der Waals surface area contributed by atoms with Crippen LogP contribution in [-0.2, 0) is 19.6 Å². The highest BCUT2D eigenvalue weighted by Crippen LogP contribution is 2.55. The fourth-order valence-corrected chi connectivity index (χ4v) is 3.21. The predicted octanol–water partition coefficient (Wildman–Crippen LogP) is 2.93. The number of nitrogens with one attached hydrogen (secondary N) is 1. The monoisotopic (exact) mass is 440 g/mol. The minimum Gasteiger partial charge on any atom is -0.326 e. The highest BCUT2D eigenvalue weighted by Gasteiger charge is 2.75. The molecule has 0 fully saturated rings. The fourth-order valence-electron chi connectivity index (χ4n) is 3.02. The van der Waals surface area contributed by atoms with Crippen LogP contribution in [0.15, 0.2) is 38.8 Å². The molecule has 0 radical (unpaired) electrons. The molecule has 1 N–H and O–H groups in total. The zero-order valence-corrected chi connectivity index (χ0v) is 15.4. The number of fused-ring (bicyclic) bond motifs is 1. The first-order valence-corrected chi connectivity index (χ1v) is 8.17. The first kappa shape index (κ1) is 21.0. The van der Waals surface area contributed by atoms with Gasteiger partial charge in [0.2, 0.25) is 0 Å². The van der Waals surface area contributed by atoms with E-state index in [4.69, 9.17) is 11.6 Å². The number of amidine groups is 1. The molecule has 156 valence electrons. The lowest BCUT2D eigenvalue weighted by Gasteiger charge is -2.38. The van der Waals surface area contributed by atoms with Crippen LogP contribution in [-0.4, -0.2) is 27.3 Å². The summed E-state index contributed by atoms with van der Waals surface area (Å²) in [6.45, 7) is 0. The molecule has 2 heterocycles. The molecular formula is C16H11ClF6N4O2. The maximum absolute atomic E-state index is 14.0. The van der Waals surface area contributed by atoms with Gasteiger partial charge in [0.05, 0.1) is 0 Å². The average molecular weight is 441 g/mol. The highest BCUT2D eigenvalue weighted by atomic mass is 35.5. The van der Waals surface area contributed by atoms with E-state index in [9.17, 15) is 35.9 Å². The van der Waals surface area contributed by atoms with Crippen LogP contribution in [0.3, 0.4) is 0 Å².